The van der Waals surface area contributed by atoms with Crippen LogP contribution < -0.4 is 10.2 Å². The molecule has 0 saturated carbocycles. The van der Waals surface area contributed by atoms with Gasteiger partial charge in [-0.3, -0.25) is 0 Å². The third-order valence-electron chi connectivity index (χ3n) is 3.82. The quantitative estimate of drug-likeness (QED) is 0.876. The number of para-hydroxylation sites is 2. The molecule has 5 nitrogen and oxygen atoms in total. The summed E-state index contributed by atoms with van der Waals surface area (Å²) in [6.07, 6.45) is 2.60. The maximum atomic E-state index is 12.2. The third kappa shape index (κ3) is 4.36. The van der Waals surface area contributed by atoms with Crippen molar-refractivity contribution in [3.8, 4) is 0 Å². The van der Waals surface area contributed by atoms with Gasteiger partial charge in [-0.15, -0.1) is 0 Å². The highest BCUT2D eigenvalue weighted by molar-refractivity contribution is 5.93. The van der Waals surface area contributed by atoms with E-state index in [2.05, 4.69) is 16.3 Å². The molecule has 0 aliphatic carbocycles. The summed E-state index contributed by atoms with van der Waals surface area (Å²) < 4.78 is 0. The predicted octanol–water partition coefficient (Wildman–Crippen LogP) is 2.52. The van der Waals surface area contributed by atoms with Crippen LogP contribution >= 0.6 is 0 Å². The normalized spacial score (nSPS) is 15.9. The largest absolute Gasteiger partial charge is 0.393 e. The van der Waals surface area contributed by atoms with Crippen molar-refractivity contribution < 1.29 is 9.90 Å². The number of hydrogen-bond donors (Lipinski definition) is 2. The zero-order valence-electron chi connectivity index (χ0n) is 12.9. The summed E-state index contributed by atoms with van der Waals surface area (Å²) in [5.41, 5.74) is 1.94. The first-order valence-corrected chi connectivity index (χ1v) is 7.62. The van der Waals surface area contributed by atoms with E-state index in [9.17, 15) is 9.90 Å². The summed E-state index contributed by atoms with van der Waals surface area (Å²) in [6, 6.07) is 7.79. The van der Waals surface area contributed by atoms with Gasteiger partial charge in [-0.2, -0.15) is 0 Å². The maximum absolute atomic E-state index is 12.2. The number of nitrogens with zero attached hydrogens (tertiary/aromatic N) is 2. The second kappa shape index (κ2) is 7.31. The fourth-order valence-electron chi connectivity index (χ4n) is 2.51. The molecule has 1 saturated heterocycles. The van der Waals surface area contributed by atoms with E-state index in [-0.39, 0.29) is 6.03 Å². The van der Waals surface area contributed by atoms with Crippen LogP contribution in [0.15, 0.2) is 24.3 Å². The second-order valence-electron chi connectivity index (χ2n) is 5.70. The van der Waals surface area contributed by atoms with Crippen LogP contribution in [-0.2, 0) is 0 Å². The molecule has 116 valence electrons. The van der Waals surface area contributed by atoms with Crippen LogP contribution in [0, 0.1) is 0 Å². The molecular formula is C16H25N3O2. The van der Waals surface area contributed by atoms with Gasteiger partial charge >= 0.3 is 6.03 Å². The fourth-order valence-corrected chi connectivity index (χ4v) is 2.51. The van der Waals surface area contributed by atoms with E-state index in [0.717, 1.165) is 24.5 Å². The van der Waals surface area contributed by atoms with E-state index in [1.165, 1.54) is 12.8 Å². The molecule has 0 radical (unpaired) electrons. The summed E-state index contributed by atoms with van der Waals surface area (Å²) in [5, 5.41) is 12.3. The van der Waals surface area contributed by atoms with Gasteiger partial charge < -0.3 is 20.2 Å². The molecule has 1 fully saturated rings. The van der Waals surface area contributed by atoms with E-state index in [4.69, 9.17) is 0 Å². The minimum absolute atomic E-state index is 0.137. The van der Waals surface area contributed by atoms with Gasteiger partial charge in [0.15, 0.2) is 0 Å². The number of carbonyl (C=O) groups is 1. The molecule has 21 heavy (non-hydrogen) atoms. The number of aliphatic hydroxyl groups excluding tert-OH is 1. The van der Waals surface area contributed by atoms with E-state index in [0.29, 0.717) is 13.0 Å². The Labute approximate surface area is 126 Å². The van der Waals surface area contributed by atoms with Crippen molar-refractivity contribution in [2.75, 3.05) is 36.9 Å². The molecule has 2 N–H and O–H groups in total. The molecular weight excluding hydrogens is 266 g/mol. The number of benzene rings is 1. The fraction of sp³-hybridized carbons (Fsp3) is 0.562. The minimum Gasteiger partial charge on any atom is -0.393 e. The van der Waals surface area contributed by atoms with Crippen LogP contribution in [0.3, 0.4) is 0 Å². The van der Waals surface area contributed by atoms with Gasteiger partial charge in [0.05, 0.1) is 17.5 Å². The standard InChI is InChI=1S/C16H25N3O2/c1-13(20)9-12-18(2)16(21)17-14-7-3-4-8-15(14)19-10-5-6-11-19/h3-4,7-8,13,20H,5-6,9-12H2,1-2H3,(H,17,21). The molecule has 1 aromatic carbocycles. The van der Waals surface area contributed by atoms with Gasteiger partial charge in [-0.1, -0.05) is 12.1 Å². The first kappa shape index (κ1) is 15.6. The first-order chi connectivity index (χ1) is 10.1. The van der Waals surface area contributed by atoms with Crippen molar-refractivity contribution in [3.05, 3.63) is 24.3 Å². The van der Waals surface area contributed by atoms with Gasteiger partial charge in [0, 0.05) is 26.7 Å². The lowest BCUT2D eigenvalue weighted by Crippen LogP contribution is -2.34. The van der Waals surface area contributed by atoms with Crippen molar-refractivity contribution in [2.24, 2.45) is 0 Å². The topological polar surface area (TPSA) is 55.8 Å². The SMILES string of the molecule is CC(O)CCN(C)C(=O)Nc1ccccc1N1CCCC1. The van der Waals surface area contributed by atoms with Crippen LogP contribution in [0.25, 0.3) is 0 Å². The van der Waals surface area contributed by atoms with Crippen LogP contribution in [0.1, 0.15) is 26.2 Å². The molecule has 0 bridgehead atoms. The summed E-state index contributed by atoms with van der Waals surface area (Å²) in [4.78, 5) is 16.1. The highest BCUT2D eigenvalue weighted by atomic mass is 16.3. The van der Waals surface area contributed by atoms with E-state index >= 15 is 0 Å². The smallest absolute Gasteiger partial charge is 0.321 e. The first-order valence-electron chi connectivity index (χ1n) is 7.62. The van der Waals surface area contributed by atoms with Gasteiger partial charge in [-0.05, 0) is 38.3 Å². The van der Waals surface area contributed by atoms with Crippen LogP contribution in [0.4, 0.5) is 16.2 Å². The lowest BCUT2D eigenvalue weighted by atomic mass is 10.2. The second-order valence-corrected chi connectivity index (χ2v) is 5.70. The molecule has 1 atom stereocenters. The molecule has 1 aliphatic heterocycles. The molecule has 0 spiro atoms. The Kier molecular flexibility index (Phi) is 5.44. The molecule has 1 aliphatic rings. The van der Waals surface area contributed by atoms with Gasteiger partial charge in [0.25, 0.3) is 0 Å². The summed E-state index contributed by atoms with van der Waals surface area (Å²) in [7, 11) is 1.75. The van der Waals surface area contributed by atoms with Crippen LogP contribution in [0.5, 0.6) is 0 Å². The third-order valence-corrected chi connectivity index (χ3v) is 3.82. The zero-order valence-corrected chi connectivity index (χ0v) is 12.9. The average Bonchev–Trinajstić information content (AvgIpc) is 2.99. The number of rotatable bonds is 5. The molecule has 1 aromatic rings. The van der Waals surface area contributed by atoms with Crippen molar-refractivity contribution in [3.63, 3.8) is 0 Å². The summed E-state index contributed by atoms with van der Waals surface area (Å²) in [5.74, 6) is 0. The minimum atomic E-state index is -0.392. The Bertz CT molecular complexity index is 470. The Hall–Kier alpha value is -1.75. The van der Waals surface area contributed by atoms with Crippen molar-refractivity contribution in [1.29, 1.82) is 0 Å². The number of hydrogen-bond acceptors (Lipinski definition) is 3. The Balaban J connectivity index is 2.00. The average molecular weight is 291 g/mol. The lowest BCUT2D eigenvalue weighted by molar-refractivity contribution is 0.167. The van der Waals surface area contributed by atoms with E-state index in [1.807, 2.05) is 18.2 Å². The van der Waals surface area contributed by atoms with Crippen molar-refractivity contribution >= 4 is 17.4 Å². The number of anilines is 2. The van der Waals surface area contributed by atoms with Crippen LogP contribution in [-0.4, -0.2) is 48.8 Å². The predicted molar refractivity (Wildman–Crippen MR) is 85.8 cm³/mol. The van der Waals surface area contributed by atoms with Crippen LogP contribution in [0.2, 0.25) is 0 Å². The summed E-state index contributed by atoms with van der Waals surface area (Å²) >= 11 is 0. The Morgan fingerprint density at radius 2 is 2.05 bits per heavy atom. The number of amides is 2. The monoisotopic (exact) mass is 291 g/mol. The number of aliphatic hydroxyl groups is 1. The van der Waals surface area contributed by atoms with Gasteiger partial charge in [0.2, 0.25) is 0 Å². The molecule has 1 unspecified atom stereocenters. The summed E-state index contributed by atoms with van der Waals surface area (Å²) in [6.45, 7) is 4.36. The Morgan fingerprint density at radius 3 is 2.71 bits per heavy atom. The van der Waals surface area contributed by atoms with E-state index in [1.54, 1.807) is 18.9 Å². The molecule has 1 heterocycles. The zero-order chi connectivity index (χ0) is 15.2. The Morgan fingerprint density at radius 1 is 1.38 bits per heavy atom. The van der Waals surface area contributed by atoms with Crippen molar-refractivity contribution in [1.82, 2.24) is 4.90 Å². The number of urea groups is 1. The van der Waals surface area contributed by atoms with Gasteiger partial charge in [-0.25, -0.2) is 4.79 Å². The van der Waals surface area contributed by atoms with Crippen molar-refractivity contribution in [2.45, 2.75) is 32.3 Å². The van der Waals surface area contributed by atoms with E-state index < -0.39 is 6.10 Å². The number of carbonyl (C=O) groups excluding carboxylic acids is 1. The highest BCUT2D eigenvalue weighted by Gasteiger charge is 2.17. The molecule has 2 rings (SSSR count). The maximum Gasteiger partial charge on any atom is 0.321 e. The van der Waals surface area contributed by atoms with Gasteiger partial charge in [0.1, 0.15) is 0 Å². The number of nitrogens with one attached hydrogen (secondary N) is 1. The molecule has 5 heteroatoms. The molecule has 2 amide bonds. The molecule has 0 aromatic heterocycles. The lowest BCUT2D eigenvalue weighted by Gasteiger charge is -2.24. The highest BCUT2D eigenvalue weighted by Crippen LogP contribution is 2.28.